The minimum atomic E-state index is -1.14. The Bertz CT molecular complexity index is 672. The number of halogens is 1. The molecule has 0 aliphatic heterocycles. The van der Waals surface area contributed by atoms with Crippen LogP contribution in [0.25, 0.3) is 0 Å². The van der Waals surface area contributed by atoms with Crippen molar-refractivity contribution in [1.29, 1.82) is 0 Å². The van der Waals surface area contributed by atoms with E-state index < -0.39 is 5.60 Å². The van der Waals surface area contributed by atoms with Crippen LogP contribution in [0.15, 0.2) is 85.2 Å². The number of hydrogen-bond acceptors (Lipinski definition) is 1. The largest absolute Gasteiger partial charge is 1.00 e. The summed E-state index contributed by atoms with van der Waals surface area (Å²) in [6.45, 7) is 0. The Morgan fingerprint density at radius 1 is 0.682 bits per heavy atom. The van der Waals surface area contributed by atoms with Crippen LogP contribution in [0.4, 0.5) is 0 Å². The van der Waals surface area contributed by atoms with Crippen molar-refractivity contribution in [3.8, 4) is 0 Å². The lowest BCUT2D eigenvalue weighted by Gasteiger charge is -2.29. The van der Waals surface area contributed by atoms with Gasteiger partial charge < -0.3 is 29.1 Å². The van der Waals surface area contributed by atoms with Crippen molar-refractivity contribution in [2.24, 2.45) is 7.05 Å². The summed E-state index contributed by atoms with van der Waals surface area (Å²) >= 11 is 0. The predicted octanol–water partition coefficient (Wildman–Crippen LogP) is -0.201. The van der Waals surface area contributed by atoms with Gasteiger partial charge in [0.25, 0.3) is 0 Å². The van der Waals surface area contributed by atoms with Crippen LogP contribution in [0.1, 0.15) is 16.7 Å². The number of rotatable bonds is 3. The topological polar surface area (TPSA) is 24.1 Å². The van der Waals surface area contributed by atoms with Crippen molar-refractivity contribution in [3.63, 3.8) is 0 Å². The van der Waals surface area contributed by atoms with E-state index >= 15 is 0 Å². The van der Waals surface area contributed by atoms with Gasteiger partial charge >= 0.3 is 0 Å². The zero-order valence-electron chi connectivity index (χ0n) is 12.4. The van der Waals surface area contributed by atoms with E-state index in [2.05, 4.69) is 0 Å². The van der Waals surface area contributed by atoms with Crippen LogP contribution in [-0.4, -0.2) is 5.11 Å². The summed E-state index contributed by atoms with van der Waals surface area (Å²) in [7, 11) is 1.97. The molecule has 0 amide bonds. The minimum Gasteiger partial charge on any atom is -1.00 e. The van der Waals surface area contributed by atoms with Crippen LogP contribution in [-0.2, 0) is 12.6 Å². The Labute approximate surface area is 148 Å². The zero-order chi connectivity index (χ0) is 14.7. The van der Waals surface area contributed by atoms with Crippen molar-refractivity contribution < 1.29 is 33.7 Å². The summed E-state index contributed by atoms with van der Waals surface area (Å²) in [5.41, 5.74) is 1.45. The van der Waals surface area contributed by atoms with Gasteiger partial charge in [0.2, 0.25) is 0 Å². The molecule has 0 atom stereocenters. The third-order valence-electron chi connectivity index (χ3n) is 3.78. The van der Waals surface area contributed by atoms with Gasteiger partial charge in [-0.25, -0.2) is 4.57 Å². The molecule has 0 saturated carbocycles. The predicted molar refractivity (Wildman–Crippen MR) is 82.6 cm³/mol. The van der Waals surface area contributed by atoms with Crippen molar-refractivity contribution in [2.75, 3.05) is 0 Å². The van der Waals surface area contributed by atoms with Crippen LogP contribution in [0.2, 0.25) is 0 Å². The molecule has 1 aromatic heterocycles. The maximum Gasteiger partial charge on any atom is 0.168 e. The fourth-order valence-corrected chi connectivity index (χ4v) is 2.60. The second-order valence-electron chi connectivity index (χ2n) is 5.19. The highest BCUT2D eigenvalue weighted by Gasteiger charge is 2.34. The molecule has 0 spiro atoms. The van der Waals surface area contributed by atoms with Gasteiger partial charge in [0.05, 0.1) is 0 Å². The number of benzene rings is 2. The smallest absolute Gasteiger partial charge is 0.168 e. The molecule has 22 heavy (non-hydrogen) atoms. The van der Waals surface area contributed by atoms with Crippen LogP contribution < -0.4 is 28.5 Å². The molecule has 3 rings (SSSR count). The molecule has 112 valence electrons. The average molecular weight is 403 g/mol. The Balaban J connectivity index is 0.00000176. The lowest BCUT2D eigenvalue weighted by molar-refractivity contribution is -0.671. The minimum absolute atomic E-state index is 0. The second-order valence-corrected chi connectivity index (χ2v) is 5.19. The van der Waals surface area contributed by atoms with E-state index in [1.807, 2.05) is 96.8 Å². The van der Waals surface area contributed by atoms with Crippen molar-refractivity contribution in [1.82, 2.24) is 0 Å². The molecule has 0 aliphatic carbocycles. The highest BCUT2D eigenvalue weighted by Crippen LogP contribution is 2.35. The number of aromatic nitrogens is 1. The summed E-state index contributed by atoms with van der Waals surface area (Å²) in [6, 6.07) is 23.5. The lowest BCUT2D eigenvalue weighted by Crippen LogP contribution is -3.00. The Kier molecular flexibility index (Phi) is 5.32. The summed E-state index contributed by atoms with van der Waals surface area (Å²) in [6.07, 6.45) is 3.90. The maximum atomic E-state index is 11.5. The summed E-state index contributed by atoms with van der Waals surface area (Å²) in [5, 5.41) is 11.5. The van der Waals surface area contributed by atoms with E-state index in [1.54, 1.807) is 0 Å². The molecule has 0 unspecified atom stereocenters. The molecule has 1 heterocycles. The monoisotopic (exact) mass is 403 g/mol. The fourth-order valence-electron chi connectivity index (χ4n) is 2.60. The van der Waals surface area contributed by atoms with Gasteiger partial charge in [0, 0.05) is 17.7 Å². The van der Waals surface area contributed by atoms with Gasteiger partial charge in [0.15, 0.2) is 12.4 Å². The molecule has 0 radical (unpaired) electrons. The first-order valence-electron chi connectivity index (χ1n) is 7.00. The summed E-state index contributed by atoms with van der Waals surface area (Å²) in [4.78, 5) is 0. The molecule has 0 aliphatic rings. The Morgan fingerprint density at radius 2 is 1.05 bits per heavy atom. The number of aliphatic hydroxyl groups is 1. The van der Waals surface area contributed by atoms with Gasteiger partial charge in [0.1, 0.15) is 12.6 Å². The van der Waals surface area contributed by atoms with Gasteiger partial charge in [-0.3, -0.25) is 0 Å². The van der Waals surface area contributed by atoms with Gasteiger partial charge in [-0.2, -0.15) is 0 Å². The van der Waals surface area contributed by atoms with Crippen LogP contribution >= 0.6 is 0 Å². The number of hydrogen-bond donors (Lipinski definition) is 1. The second kappa shape index (κ2) is 7.03. The maximum absolute atomic E-state index is 11.5. The first-order chi connectivity index (χ1) is 10.2. The van der Waals surface area contributed by atoms with Crippen LogP contribution in [0, 0.1) is 0 Å². The third kappa shape index (κ3) is 3.05. The average Bonchev–Trinajstić information content (AvgIpc) is 2.56. The highest BCUT2D eigenvalue weighted by molar-refractivity contribution is 5.45. The molecule has 3 heteroatoms. The van der Waals surface area contributed by atoms with Crippen LogP contribution in [0.5, 0.6) is 0 Å². The molecule has 2 aromatic carbocycles. The molecular formula is C19H18INO. The van der Waals surface area contributed by atoms with Crippen molar-refractivity contribution in [3.05, 3.63) is 102 Å². The molecular weight excluding hydrogens is 385 g/mol. The van der Waals surface area contributed by atoms with Gasteiger partial charge in [-0.1, -0.05) is 60.7 Å². The Hall–Kier alpha value is -1.72. The van der Waals surface area contributed by atoms with E-state index in [0.29, 0.717) is 0 Å². The SMILES string of the molecule is C[n+]1ccc(C(O)(c2ccccc2)c2ccccc2)cc1.[I-]. The van der Waals surface area contributed by atoms with Crippen molar-refractivity contribution in [2.45, 2.75) is 5.60 Å². The summed E-state index contributed by atoms with van der Waals surface area (Å²) in [5.74, 6) is 0. The quantitative estimate of drug-likeness (QED) is 0.476. The highest BCUT2D eigenvalue weighted by atomic mass is 127. The number of pyridine rings is 1. The van der Waals surface area contributed by atoms with E-state index in [9.17, 15) is 5.11 Å². The molecule has 2 nitrogen and oxygen atoms in total. The fraction of sp³-hybridized carbons (Fsp3) is 0.105. The lowest BCUT2D eigenvalue weighted by atomic mass is 9.81. The van der Waals surface area contributed by atoms with Gasteiger partial charge in [-0.15, -0.1) is 0 Å². The van der Waals surface area contributed by atoms with E-state index in [4.69, 9.17) is 0 Å². The molecule has 0 fully saturated rings. The molecule has 1 N–H and O–H groups in total. The molecule has 0 saturated heterocycles. The first kappa shape index (κ1) is 16.6. The van der Waals surface area contributed by atoms with Gasteiger partial charge in [-0.05, 0) is 11.1 Å². The van der Waals surface area contributed by atoms with E-state index in [1.165, 1.54) is 0 Å². The first-order valence-corrected chi connectivity index (χ1v) is 7.00. The summed E-state index contributed by atoms with van der Waals surface area (Å²) < 4.78 is 1.96. The normalized spacial score (nSPS) is 10.8. The zero-order valence-corrected chi connectivity index (χ0v) is 14.5. The van der Waals surface area contributed by atoms with Crippen molar-refractivity contribution >= 4 is 0 Å². The van der Waals surface area contributed by atoms with E-state index in [-0.39, 0.29) is 24.0 Å². The third-order valence-corrected chi connectivity index (χ3v) is 3.78. The Morgan fingerprint density at radius 3 is 1.45 bits per heavy atom. The molecule has 0 bridgehead atoms. The van der Waals surface area contributed by atoms with E-state index in [0.717, 1.165) is 16.7 Å². The van der Waals surface area contributed by atoms with Crippen LogP contribution in [0.3, 0.4) is 0 Å². The number of nitrogens with zero attached hydrogens (tertiary/aromatic N) is 1. The number of aryl methyl sites for hydroxylation is 1. The standard InChI is InChI=1S/C19H18NO.HI/c1-20-14-12-18(13-15-20)19(21,16-8-4-2-5-9-16)17-10-6-3-7-11-17;/h2-15,21H,1H3;1H/q+1;/p-1. The molecule has 3 aromatic rings.